The van der Waals surface area contributed by atoms with Crippen LogP contribution >= 0.6 is 12.2 Å². The van der Waals surface area contributed by atoms with Crippen LogP contribution in [0.1, 0.15) is 26.7 Å². The number of hydrogen-bond acceptors (Lipinski definition) is 2. The van der Waals surface area contributed by atoms with Crippen molar-refractivity contribution in [3.05, 3.63) is 0 Å². The minimum absolute atomic E-state index is 0.366. The summed E-state index contributed by atoms with van der Waals surface area (Å²) in [5.41, 5.74) is 5.59. The Hall–Kier alpha value is -0.150. The Bertz CT molecular complexity index is 182. The number of nitrogens with two attached hydrogens (primary N) is 1. The molecule has 2 atom stereocenters. The Morgan fingerprint density at radius 1 is 1.69 bits per heavy atom. The number of hydrogen-bond donors (Lipinski definition) is 1. The van der Waals surface area contributed by atoms with Crippen molar-refractivity contribution in [3.8, 4) is 0 Å². The van der Waals surface area contributed by atoms with E-state index in [0.29, 0.717) is 10.9 Å². The third kappa shape index (κ3) is 3.24. The summed E-state index contributed by atoms with van der Waals surface area (Å²) in [6, 6.07) is 0. The molecule has 0 aromatic rings. The molecule has 1 heterocycles. The maximum absolute atomic E-state index is 5.59. The molecule has 1 aliphatic heterocycles. The van der Waals surface area contributed by atoms with E-state index >= 15 is 0 Å². The van der Waals surface area contributed by atoms with Gasteiger partial charge in [-0.1, -0.05) is 32.5 Å². The van der Waals surface area contributed by atoms with E-state index in [4.69, 9.17) is 18.0 Å². The van der Waals surface area contributed by atoms with E-state index in [9.17, 15) is 0 Å². The summed E-state index contributed by atoms with van der Waals surface area (Å²) >= 11 is 4.96. The van der Waals surface area contributed by atoms with Gasteiger partial charge in [0, 0.05) is 19.0 Å². The van der Waals surface area contributed by atoms with Crippen molar-refractivity contribution in [1.82, 2.24) is 4.90 Å². The molecule has 0 bridgehead atoms. The molecular weight excluding hydrogens is 180 g/mol. The average Bonchev–Trinajstić information content (AvgIpc) is 2.52. The zero-order valence-corrected chi connectivity index (χ0v) is 9.44. The first-order chi connectivity index (χ1) is 6.13. The number of likely N-dealkylation sites (tertiary alicyclic amines) is 1. The Morgan fingerprint density at radius 2 is 2.38 bits per heavy atom. The summed E-state index contributed by atoms with van der Waals surface area (Å²) in [6.07, 6.45) is 2.65. The molecule has 0 aromatic carbocycles. The molecule has 2 unspecified atom stereocenters. The van der Waals surface area contributed by atoms with E-state index < -0.39 is 0 Å². The normalized spacial score (nSPS) is 26.2. The fourth-order valence-corrected chi connectivity index (χ4v) is 1.96. The van der Waals surface area contributed by atoms with Crippen LogP contribution in [0.5, 0.6) is 0 Å². The lowest BCUT2D eigenvalue weighted by Gasteiger charge is -2.19. The Labute approximate surface area is 86.5 Å². The van der Waals surface area contributed by atoms with Crippen LogP contribution in [0, 0.1) is 11.8 Å². The lowest BCUT2D eigenvalue weighted by atomic mass is 10.1. The van der Waals surface area contributed by atoms with Gasteiger partial charge in [-0.05, 0) is 18.9 Å². The van der Waals surface area contributed by atoms with Gasteiger partial charge in [0.25, 0.3) is 0 Å². The summed E-state index contributed by atoms with van der Waals surface area (Å²) in [6.45, 7) is 7.90. The van der Waals surface area contributed by atoms with Crippen LogP contribution in [0.4, 0.5) is 0 Å². The van der Waals surface area contributed by atoms with Crippen LogP contribution < -0.4 is 5.73 Å². The van der Waals surface area contributed by atoms with Gasteiger partial charge < -0.3 is 10.6 Å². The van der Waals surface area contributed by atoms with Gasteiger partial charge in [0.15, 0.2) is 0 Å². The quantitative estimate of drug-likeness (QED) is 0.700. The van der Waals surface area contributed by atoms with Crippen LogP contribution in [-0.4, -0.2) is 29.5 Å². The van der Waals surface area contributed by atoms with Gasteiger partial charge in [0.2, 0.25) is 0 Å². The van der Waals surface area contributed by atoms with Gasteiger partial charge in [-0.3, -0.25) is 0 Å². The molecular formula is C10H20N2S. The highest BCUT2D eigenvalue weighted by molar-refractivity contribution is 7.80. The summed E-state index contributed by atoms with van der Waals surface area (Å²) < 4.78 is 0. The third-order valence-electron chi connectivity index (χ3n) is 2.97. The average molecular weight is 200 g/mol. The molecule has 3 heteroatoms. The molecule has 0 radical (unpaired) electrons. The number of thiocarbonyl (C=S) groups is 1. The highest BCUT2D eigenvalue weighted by atomic mass is 32.1. The Morgan fingerprint density at radius 3 is 2.85 bits per heavy atom. The van der Waals surface area contributed by atoms with Gasteiger partial charge in [-0.15, -0.1) is 0 Å². The van der Waals surface area contributed by atoms with Gasteiger partial charge >= 0.3 is 0 Å². The SMILES string of the molecule is CCC1CCN(CC(C)C(N)=S)C1. The second-order valence-electron chi connectivity index (χ2n) is 4.13. The van der Waals surface area contributed by atoms with E-state index in [2.05, 4.69) is 18.7 Å². The van der Waals surface area contributed by atoms with Crippen molar-refractivity contribution >= 4 is 17.2 Å². The molecule has 1 aliphatic rings. The highest BCUT2D eigenvalue weighted by Gasteiger charge is 2.22. The first kappa shape index (κ1) is 10.9. The molecule has 0 aliphatic carbocycles. The maximum atomic E-state index is 5.59. The summed E-state index contributed by atoms with van der Waals surface area (Å²) in [7, 11) is 0. The Balaban J connectivity index is 2.27. The standard InChI is InChI=1S/C10H20N2S/c1-3-9-4-5-12(7-9)6-8(2)10(11)13/h8-9H,3-7H2,1-2H3,(H2,11,13). The summed E-state index contributed by atoms with van der Waals surface area (Å²) in [5, 5.41) is 0. The van der Waals surface area contributed by atoms with E-state index in [1.165, 1.54) is 25.9 Å². The van der Waals surface area contributed by atoms with Crippen LogP contribution in [0.15, 0.2) is 0 Å². The zero-order chi connectivity index (χ0) is 9.84. The second kappa shape index (κ2) is 4.91. The molecule has 2 nitrogen and oxygen atoms in total. The molecule has 13 heavy (non-hydrogen) atoms. The maximum Gasteiger partial charge on any atom is 0.0768 e. The lowest BCUT2D eigenvalue weighted by Crippen LogP contribution is -2.32. The third-order valence-corrected chi connectivity index (χ3v) is 3.37. The molecule has 1 rings (SSSR count). The van der Waals surface area contributed by atoms with Gasteiger partial charge in [0.1, 0.15) is 0 Å². The fourth-order valence-electron chi connectivity index (χ4n) is 1.89. The highest BCUT2D eigenvalue weighted by Crippen LogP contribution is 2.19. The largest absolute Gasteiger partial charge is 0.393 e. The fraction of sp³-hybridized carbons (Fsp3) is 0.900. The van der Waals surface area contributed by atoms with E-state index in [1.807, 2.05) is 0 Å². The van der Waals surface area contributed by atoms with Crippen molar-refractivity contribution in [3.63, 3.8) is 0 Å². The molecule has 2 N–H and O–H groups in total. The van der Waals surface area contributed by atoms with Crippen LogP contribution in [0.25, 0.3) is 0 Å². The predicted molar refractivity (Wildman–Crippen MR) is 60.8 cm³/mol. The van der Waals surface area contributed by atoms with Crippen molar-refractivity contribution in [1.29, 1.82) is 0 Å². The monoisotopic (exact) mass is 200 g/mol. The summed E-state index contributed by atoms with van der Waals surface area (Å²) in [4.78, 5) is 3.14. The molecule has 76 valence electrons. The number of nitrogens with zero attached hydrogens (tertiary/aromatic N) is 1. The predicted octanol–water partition coefficient (Wildman–Crippen LogP) is 1.64. The van der Waals surface area contributed by atoms with Gasteiger partial charge in [-0.2, -0.15) is 0 Å². The molecule has 0 spiro atoms. The van der Waals surface area contributed by atoms with E-state index in [-0.39, 0.29) is 0 Å². The van der Waals surface area contributed by atoms with E-state index in [1.54, 1.807) is 0 Å². The first-order valence-corrected chi connectivity index (χ1v) is 5.56. The van der Waals surface area contributed by atoms with Crippen LogP contribution in [0.3, 0.4) is 0 Å². The van der Waals surface area contributed by atoms with E-state index in [0.717, 1.165) is 12.5 Å². The Kier molecular flexibility index (Phi) is 4.13. The zero-order valence-electron chi connectivity index (χ0n) is 8.62. The van der Waals surface area contributed by atoms with Gasteiger partial charge in [0.05, 0.1) is 4.99 Å². The summed E-state index contributed by atoms with van der Waals surface area (Å²) in [5.74, 6) is 1.27. The van der Waals surface area contributed by atoms with Crippen molar-refractivity contribution in [2.45, 2.75) is 26.7 Å². The topological polar surface area (TPSA) is 29.3 Å². The molecule has 0 amide bonds. The molecule has 0 aromatic heterocycles. The minimum atomic E-state index is 0.366. The van der Waals surface area contributed by atoms with Crippen molar-refractivity contribution < 1.29 is 0 Å². The minimum Gasteiger partial charge on any atom is -0.393 e. The second-order valence-corrected chi connectivity index (χ2v) is 4.60. The smallest absolute Gasteiger partial charge is 0.0768 e. The van der Waals surface area contributed by atoms with Crippen molar-refractivity contribution in [2.75, 3.05) is 19.6 Å². The number of rotatable bonds is 4. The van der Waals surface area contributed by atoms with Crippen LogP contribution in [0.2, 0.25) is 0 Å². The lowest BCUT2D eigenvalue weighted by molar-refractivity contribution is 0.304. The molecule has 0 saturated carbocycles. The van der Waals surface area contributed by atoms with Crippen molar-refractivity contribution in [2.24, 2.45) is 17.6 Å². The molecule has 1 fully saturated rings. The first-order valence-electron chi connectivity index (χ1n) is 5.15. The van der Waals surface area contributed by atoms with Crippen LogP contribution in [-0.2, 0) is 0 Å². The molecule has 1 saturated heterocycles. The van der Waals surface area contributed by atoms with Gasteiger partial charge in [-0.25, -0.2) is 0 Å².